The molecule has 1 unspecified atom stereocenters. The van der Waals surface area contributed by atoms with Gasteiger partial charge in [0.2, 0.25) is 5.91 Å². The Morgan fingerprint density at radius 1 is 1.13 bits per heavy atom. The van der Waals surface area contributed by atoms with E-state index in [1.807, 2.05) is 12.1 Å². The number of fused-ring (bicyclic) bond motifs is 2. The van der Waals surface area contributed by atoms with Crippen molar-refractivity contribution in [3.63, 3.8) is 0 Å². The van der Waals surface area contributed by atoms with Crippen molar-refractivity contribution in [3.8, 4) is 11.5 Å². The fourth-order valence-corrected chi connectivity index (χ4v) is 5.24. The Hall–Kier alpha value is -3.07. The van der Waals surface area contributed by atoms with Crippen LogP contribution in [0.4, 0.5) is 18.0 Å². The molecule has 1 aliphatic heterocycles. The Bertz CT molecular complexity index is 1230. The van der Waals surface area contributed by atoms with Gasteiger partial charge < -0.3 is 4.74 Å². The zero-order valence-corrected chi connectivity index (χ0v) is 16.7. The summed E-state index contributed by atoms with van der Waals surface area (Å²) in [5.41, 5.74) is 1.02. The topological polar surface area (TPSA) is 68.3 Å². The Kier molecular flexibility index (Phi) is 4.65. The minimum Gasteiger partial charge on any atom is -0.457 e. The Balaban J connectivity index is 1.45. The van der Waals surface area contributed by atoms with E-state index in [1.54, 1.807) is 12.1 Å². The number of thioether (sulfide) groups is 1. The summed E-state index contributed by atoms with van der Waals surface area (Å²) < 4.78 is 45.9. The molecule has 9 heteroatoms. The zero-order chi connectivity index (χ0) is 21.8. The molecule has 1 N–H and O–H groups in total. The van der Waals surface area contributed by atoms with Gasteiger partial charge in [-0.3, -0.25) is 19.9 Å². The lowest BCUT2D eigenvalue weighted by Gasteiger charge is -2.16. The fourth-order valence-electron chi connectivity index (χ4n) is 4.24. The Labute approximate surface area is 179 Å². The maximum absolute atomic E-state index is 13.3. The number of aromatic nitrogens is 1. The zero-order valence-electron chi connectivity index (χ0n) is 15.9. The number of benzene rings is 2. The monoisotopic (exact) mass is 444 g/mol. The predicted molar refractivity (Wildman–Crippen MR) is 109 cm³/mol. The van der Waals surface area contributed by atoms with Gasteiger partial charge in [-0.25, -0.2) is 0 Å². The Morgan fingerprint density at radius 3 is 2.71 bits per heavy atom. The van der Waals surface area contributed by atoms with Gasteiger partial charge in [-0.1, -0.05) is 23.9 Å². The first-order valence-electron chi connectivity index (χ1n) is 9.58. The maximum atomic E-state index is 13.3. The van der Waals surface area contributed by atoms with E-state index in [0.29, 0.717) is 5.75 Å². The number of amides is 2. The van der Waals surface area contributed by atoms with Gasteiger partial charge in [-0.2, -0.15) is 13.2 Å². The molecule has 2 aromatic carbocycles. The number of alkyl halides is 3. The summed E-state index contributed by atoms with van der Waals surface area (Å²) in [5.74, 6) is 0.444. The molecule has 2 amide bonds. The molecule has 2 heterocycles. The molecule has 1 fully saturated rings. The molecule has 158 valence electrons. The van der Waals surface area contributed by atoms with Crippen LogP contribution in [0.25, 0.3) is 10.9 Å². The van der Waals surface area contributed by atoms with Crippen LogP contribution < -0.4 is 10.1 Å². The average Bonchev–Trinajstić information content (AvgIpc) is 3.28. The molecule has 1 aliphatic carbocycles. The lowest BCUT2D eigenvalue weighted by molar-refractivity contribution is -0.136. The number of hydrogen-bond acceptors (Lipinski definition) is 5. The highest BCUT2D eigenvalue weighted by atomic mass is 32.2. The van der Waals surface area contributed by atoms with Crippen LogP contribution in [0.1, 0.15) is 29.0 Å². The summed E-state index contributed by atoms with van der Waals surface area (Å²) in [7, 11) is 0. The predicted octanol–water partition coefficient (Wildman–Crippen LogP) is 5.43. The second kappa shape index (κ2) is 7.26. The summed E-state index contributed by atoms with van der Waals surface area (Å²) >= 11 is 1.02. The third kappa shape index (κ3) is 3.52. The van der Waals surface area contributed by atoms with Crippen LogP contribution in [0.2, 0.25) is 0 Å². The number of para-hydroxylation sites is 1. The SMILES string of the molecule is O=C1NC(=O)C([C@@H]2CCc3cc(Oc4ccnc5c(C(F)(F)F)cccc45)ccc32)S1. The van der Waals surface area contributed by atoms with Crippen LogP contribution in [0, 0.1) is 0 Å². The molecule has 0 radical (unpaired) electrons. The number of pyridine rings is 1. The summed E-state index contributed by atoms with van der Waals surface area (Å²) in [6.07, 6.45) is -1.75. The number of rotatable bonds is 3. The average molecular weight is 444 g/mol. The highest BCUT2D eigenvalue weighted by molar-refractivity contribution is 8.15. The summed E-state index contributed by atoms with van der Waals surface area (Å²) in [6.45, 7) is 0. The van der Waals surface area contributed by atoms with Gasteiger partial charge in [0.1, 0.15) is 16.7 Å². The number of nitrogens with one attached hydrogen (secondary N) is 1. The molecular weight excluding hydrogens is 429 g/mol. The third-order valence-corrected chi connectivity index (χ3v) is 6.70. The quantitative estimate of drug-likeness (QED) is 0.584. The molecule has 1 saturated heterocycles. The number of aryl methyl sites for hydroxylation is 1. The molecule has 2 atom stereocenters. The number of ether oxygens (including phenoxy) is 1. The van der Waals surface area contributed by atoms with Gasteiger partial charge in [0.15, 0.2) is 0 Å². The van der Waals surface area contributed by atoms with Crippen molar-refractivity contribution in [3.05, 3.63) is 65.4 Å². The number of hydrogen-bond donors (Lipinski definition) is 1. The lowest BCUT2D eigenvalue weighted by atomic mass is 9.97. The van der Waals surface area contributed by atoms with E-state index in [1.165, 1.54) is 18.3 Å². The van der Waals surface area contributed by atoms with E-state index in [-0.39, 0.29) is 33.7 Å². The number of nitrogens with zero attached hydrogens (tertiary/aromatic N) is 1. The first-order chi connectivity index (χ1) is 14.8. The largest absolute Gasteiger partial charge is 0.457 e. The van der Waals surface area contributed by atoms with Gasteiger partial charge >= 0.3 is 6.18 Å². The normalized spacial score (nSPS) is 20.7. The first kappa shape index (κ1) is 19.9. The molecule has 0 bridgehead atoms. The van der Waals surface area contributed by atoms with E-state index < -0.39 is 17.0 Å². The molecule has 5 rings (SSSR count). The van der Waals surface area contributed by atoms with E-state index in [4.69, 9.17) is 4.74 Å². The van der Waals surface area contributed by atoms with Gasteiger partial charge in [0.05, 0.1) is 11.1 Å². The summed E-state index contributed by atoms with van der Waals surface area (Å²) in [4.78, 5) is 27.5. The number of carbonyl (C=O) groups is 2. The van der Waals surface area contributed by atoms with Crippen LogP contribution in [0.3, 0.4) is 0 Å². The van der Waals surface area contributed by atoms with Crippen molar-refractivity contribution in [2.45, 2.75) is 30.2 Å². The van der Waals surface area contributed by atoms with E-state index in [9.17, 15) is 22.8 Å². The summed E-state index contributed by atoms with van der Waals surface area (Å²) in [6, 6.07) is 10.8. The van der Waals surface area contributed by atoms with Crippen molar-refractivity contribution < 1.29 is 27.5 Å². The van der Waals surface area contributed by atoms with Crippen LogP contribution >= 0.6 is 11.8 Å². The van der Waals surface area contributed by atoms with E-state index >= 15 is 0 Å². The van der Waals surface area contributed by atoms with Crippen molar-refractivity contribution in [1.29, 1.82) is 0 Å². The third-order valence-electron chi connectivity index (χ3n) is 5.59. The number of halogens is 3. The summed E-state index contributed by atoms with van der Waals surface area (Å²) in [5, 5.41) is 1.83. The van der Waals surface area contributed by atoms with Gasteiger partial charge in [-0.15, -0.1) is 0 Å². The fraction of sp³-hybridized carbons (Fsp3) is 0.227. The second-order valence-corrected chi connectivity index (χ2v) is 8.55. The highest BCUT2D eigenvalue weighted by Crippen LogP contribution is 2.44. The van der Waals surface area contributed by atoms with Crippen molar-refractivity contribution in [2.24, 2.45) is 0 Å². The first-order valence-corrected chi connectivity index (χ1v) is 10.5. The van der Waals surface area contributed by atoms with Gasteiger partial charge in [-0.05, 0) is 54.3 Å². The molecule has 2 aliphatic rings. The molecule has 3 aromatic rings. The van der Waals surface area contributed by atoms with E-state index in [2.05, 4.69) is 10.3 Å². The van der Waals surface area contributed by atoms with Crippen LogP contribution in [0.15, 0.2) is 48.7 Å². The molecule has 1 aromatic heterocycles. The number of carbonyl (C=O) groups excluding carboxylic acids is 2. The molecule has 5 nitrogen and oxygen atoms in total. The molecule has 0 spiro atoms. The number of imide groups is 1. The van der Waals surface area contributed by atoms with Crippen molar-refractivity contribution >= 4 is 33.8 Å². The van der Waals surface area contributed by atoms with Crippen molar-refractivity contribution in [2.75, 3.05) is 0 Å². The smallest absolute Gasteiger partial charge is 0.418 e. The van der Waals surface area contributed by atoms with E-state index in [0.717, 1.165) is 41.8 Å². The van der Waals surface area contributed by atoms with Crippen molar-refractivity contribution in [1.82, 2.24) is 10.3 Å². The molecule has 0 saturated carbocycles. The second-order valence-electron chi connectivity index (χ2n) is 7.43. The van der Waals surface area contributed by atoms with Crippen LogP contribution in [0.5, 0.6) is 11.5 Å². The Morgan fingerprint density at radius 2 is 1.97 bits per heavy atom. The minimum absolute atomic E-state index is 0.0587. The standard InChI is InChI=1S/C22H15F3N2O3S/c23-22(24,25)16-3-1-2-15-17(8-9-26-18(15)16)30-12-5-7-13-11(10-12)4-6-14(13)19-20(28)27-21(29)31-19/h1-3,5,7-10,14,19H,4,6H2,(H,27,28,29)/t14-,19?/m1/s1. The lowest BCUT2D eigenvalue weighted by Crippen LogP contribution is -2.27. The molecule has 31 heavy (non-hydrogen) atoms. The van der Waals surface area contributed by atoms with Crippen LogP contribution in [-0.4, -0.2) is 21.4 Å². The highest BCUT2D eigenvalue weighted by Gasteiger charge is 2.41. The van der Waals surface area contributed by atoms with Crippen LogP contribution in [-0.2, 0) is 17.4 Å². The van der Waals surface area contributed by atoms with Gasteiger partial charge in [0, 0.05) is 17.5 Å². The molecular formula is C22H15F3N2O3S. The van der Waals surface area contributed by atoms with Gasteiger partial charge in [0.25, 0.3) is 5.24 Å². The maximum Gasteiger partial charge on any atom is 0.418 e. The minimum atomic E-state index is -4.51.